The van der Waals surface area contributed by atoms with Crippen molar-refractivity contribution in [3.8, 4) is 0 Å². The summed E-state index contributed by atoms with van der Waals surface area (Å²) in [6.45, 7) is 5.62. The number of aliphatic hydroxyl groups excluding tert-OH is 2. The Kier molecular flexibility index (Phi) is 6.51. The molecule has 0 spiro atoms. The van der Waals surface area contributed by atoms with Crippen LogP contribution in [0.3, 0.4) is 0 Å². The van der Waals surface area contributed by atoms with E-state index in [0.29, 0.717) is 5.92 Å². The molecule has 68 valence electrons. The summed E-state index contributed by atoms with van der Waals surface area (Å²) in [6.07, 6.45) is 0.546. The van der Waals surface area contributed by atoms with Crippen molar-refractivity contribution < 1.29 is 10.2 Å². The van der Waals surface area contributed by atoms with E-state index in [4.69, 9.17) is 10.2 Å². The molecule has 0 aliphatic rings. The van der Waals surface area contributed by atoms with E-state index in [0.717, 1.165) is 19.5 Å². The van der Waals surface area contributed by atoms with E-state index in [1.165, 1.54) is 0 Å². The van der Waals surface area contributed by atoms with E-state index in [1.807, 2.05) is 6.92 Å². The highest BCUT2D eigenvalue weighted by atomic mass is 16.3. The molecule has 0 fully saturated rings. The average Bonchev–Trinajstić information content (AvgIpc) is 1.97. The van der Waals surface area contributed by atoms with Gasteiger partial charge in [0.1, 0.15) is 0 Å². The topological polar surface area (TPSA) is 52.5 Å². The molecule has 0 aromatic carbocycles. The fourth-order valence-corrected chi connectivity index (χ4v) is 0.724. The Hall–Kier alpha value is -0.120. The van der Waals surface area contributed by atoms with Crippen LogP contribution in [0.5, 0.6) is 0 Å². The number of rotatable bonds is 6. The van der Waals surface area contributed by atoms with E-state index >= 15 is 0 Å². The molecule has 0 aromatic heterocycles. The molecule has 0 saturated carbocycles. The zero-order valence-electron chi connectivity index (χ0n) is 7.38. The monoisotopic (exact) mass is 161 g/mol. The lowest BCUT2D eigenvalue weighted by Gasteiger charge is -2.09. The number of hydrogen-bond donors (Lipinski definition) is 3. The van der Waals surface area contributed by atoms with Gasteiger partial charge in [0, 0.05) is 6.61 Å². The molecule has 3 N–H and O–H groups in total. The molecule has 0 radical (unpaired) electrons. The third-order valence-electron chi connectivity index (χ3n) is 1.54. The van der Waals surface area contributed by atoms with Crippen molar-refractivity contribution in [2.24, 2.45) is 5.92 Å². The highest BCUT2D eigenvalue weighted by molar-refractivity contribution is 4.56. The van der Waals surface area contributed by atoms with Crippen LogP contribution in [0.15, 0.2) is 0 Å². The molecule has 0 aliphatic carbocycles. The number of hydrogen-bond acceptors (Lipinski definition) is 3. The van der Waals surface area contributed by atoms with E-state index in [2.05, 4.69) is 5.32 Å². The summed E-state index contributed by atoms with van der Waals surface area (Å²) in [6, 6.07) is 0. The van der Waals surface area contributed by atoms with E-state index in [-0.39, 0.29) is 12.7 Å². The van der Waals surface area contributed by atoms with Crippen molar-refractivity contribution in [1.29, 1.82) is 0 Å². The van der Waals surface area contributed by atoms with Crippen LogP contribution in [0.2, 0.25) is 0 Å². The Morgan fingerprint density at radius 2 is 2.00 bits per heavy atom. The molecule has 0 heterocycles. The normalized spacial score (nSPS) is 16.4. The molecular weight excluding hydrogens is 142 g/mol. The molecule has 0 aromatic rings. The maximum absolute atomic E-state index is 8.89. The van der Waals surface area contributed by atoms with Crippen LogP contribution in [0.1, 0.15) is 20.3 Å². The molecule has 3 nitrogen and oxygen atoms in total. The summed E-state index contributed by atoms with van der Waals surface area (Å²) < 4.78 is 0. The van der Waals surface area contributed by atoms with E-state index in [1.54, 1.807) is 6.92 Å². The summed E-state index contributed by atoms with van der Waals surface area (Å²) in [4.78, 5) is 0. The second-order valence-corrected chi connectivity index (χ2v) is 3.13. The molecule has 0 amide bonds. The van der Waals surface area contributed by atoms with Gasteiger partial charge in [-0.05, 0) is 32.4 Å². The molecule has 0 aliphatic heterocycles. The predicted octanol–water partition coefficient (Wildman–Crippen LogP) is -0.0247. The smallest absolute Gasteiger partial charge is 0.0524 e. The van der Waals surface area contributed by atoms with Gasteiger partial charge in [-0.3, -0.25) is 0 Å². The highest BCUT2D eigenvalue weighted by Crippen LogP contribution is 1.90. The van der Waals surface area contributed by atoms with Gasteiger partial charge in [0.25, 0.3) is 0 Å². The van der Waals surface area contributed by atoms with Crippen molar-refractivity contribution in [2.75, 3.05) is 19.7 Å². The summed E-state index contributed by atoms with van der Waals surface area (Å²) in [5.41, 5.74) is 0. The van der Waals surface area contributed by atoms with Crippen LogP contribution in [0.25, 0.3) is 0 Å². The van der Waals surface area contributed by atoms with Crippen molar-refractivity contribution in [3.05, 3.63) is 0 Å². The standard InChI is InChI=1S/C8H19NO2/c1-7(6-10)5-9-4-3-8(2)11/h7-11H,3-6H2,1-2H3. The molecule has 0 bridgehead atoms. The van der Waals surface area contributed by atoms with Crippen molar-refractivity contribution >= 4 is 0 Å². The molecule has 2 unspecified atom stereocenters. The van der Waals surface area contributed by atoms with Crippen molar-refractivity contribution in [3.63, 3.8) is 0 Å². The van der Waals surface area contributed by atoms with Crippen LogP contribution in [-0.4, -0.2) is 36.0 Å². The molecule has 0 saturated heterocycles. The van der Waals surface area contributed by atoms with Crippen LogP contribution in [-0.2, 0) is 0 Å². The van der Waals surface area contributed by atoms with Crippen LogP contribution in [0.4, 0.5) is 0 Å². The predicted molar refractivity (Wildman–Crippen MR) is 45.4 cm³/mol. The summed E-state index contributed by atoms with van der Waals surface area (Å²) in [5, 5.41) is 20.7. The number of nitrogens with one attached hydrogen (secondary N) is 1. The SMILES string of the molecule is CC(O)CCNCC(C)CO. The first-order valence-corrected chi connectivity index (χ1v) is 4.16. The van der Waals surface area contributed by atoms with E-state index in [9.17, 15) is 0 Å². The van der Waals surface area contributed by atoms with Gasteiger partial charge in [-0.2, -0.15) is 0 Å². The lowest BCUT2D eigenvalue weighted by atomic mass is 10.2. The molecule has 0 rings (SSSR count). The van der Waals surface area contributed by atoms with Crippen LogP contribution >= 0.6 is 0 Å². The highest BCUT2D eigenvalue weighted by Gasteiger charge is 1.99. The minimum Gasteiger partial charge on any atom is -0.396 e. The van der Waals surface area contributed by atoms with Gasteiger partial charge in [0.05, 0.1) is 6.10 Å². The summed E-state index contributed by atoms with van der Waals surface area (Å²) in [7, 11) is 0. The third-order valence-corrected chi connectivity index (χ3v) is 1.54. The second-order valence-electron chi connectivity index (χ2n) is 3.13. The zero-order valence-corrected chi connectivity index (χ0v) is 7.38. The quantitative estimate of drug-likeness (QED) is 0.480. The van der Waals surface area contributed by atoms with Gasteiger partial charge in [0.2, 0.25) is 0 Å². The van der Waals surface area contributed by atoms with E-state index < -0.39 is 0 Å². The minimum atomic E-state index is -0.230. The first kappa shape index (κ1) is 10.9. The van der Waals surface area contributed by atoms with Crippen LogP contribution < -0.4 is 5.32 Å². The summed E-state index contributed by atoms with van der Waals surface area (Å²) in [5.74, 6) is 0.309. The Balaban J connectivity index is 3.01. The fraction of sp³-hybridized carbons (Fsp3) is 1.00. The van der Waals surface area contributed by atoms with Crippen molar-refractivity contribution in [2.45, 2.75) is 26.4 Å². The lowest BCUT2D eigenvalue weighted by Crippen LogP contribution is -2.25. The molecular formula is C8H19NO2. The Labute approximate surface area is 68.4 Å². The average molecular weight is 161 g/mol. The Morgan fingerprint density at radius 3 is 2.45 bits per heavy atom. The first-order valence-electron chi connectivity index (χ1n) is 4.16. The number of aliphatic hydroxyl groups is 2. The largest absolute Gasteiger partial charge is 0.396 e. The summed E-state index contributed by atoms with van der Waals surface area (Å²) >= 11 is 0. The van der Waals surface area contributed by atoms with Gasteiger partial charge in [-0.15, -0.1) is 0 Å². The van der Waals surface area contributed by atoms with Gasteiger partial charge in [-0.1, -0.05) is 6.92 Å². The van der Waals surface area contributed by atoms with Crippen LogP contribution in [0, 0.1) is 5.92 Å². The third kappa shape index (κ3) is 7.78. The lowest BCUT2D eigenvalue weighted by molar-refractivity contribution is 0.181. The Morgan fingerprint density at radius 1 is 1.36 bits per heavy atom. The fourth-order valence-electron chi connectivity index (χ4n) is 0.724. The van der Waals surface area contributed by atoms with Gasteiger partial charge in [-0.25, -0.2) is 0 Å². The maximum atomic E-state index is 8.89. The first-order chi connectivity index (χ1) is 5.16. The Bertz CT molecular complexity index is 86.2. The molecule has 3 heteroatoms. The maximum Gasteiger partial charge on any atom is 0.0524 e. The molecule has 2 atom stereocenters. The van der Waals surface area contributed by atoms with Gasteiger partial charge in [0.15, 0.2) is 0 Å². The zero-order chi connectivity index (χ0) is 8.69. The second kappa shape index (κ2) is 6.58. The molecule has 11 heavy (non-hydrogen) atoms. The van der Waals surface area contributed by atoms with Gasteiger partial charge < -0.3 is 15.5 Å². The van der Waals surface area contributed by atoms with Gasteiger partial charge >= 0.3 is 0 Å². The van der Waals surface area contributed by atoms with Crippen molar-refractivity contribution in [1.82, 2.24) is 5.32 Å². The minimum absolute atomic E-state index is 0.224.